The molecule has 8 nitrogen and oxygen atoms in total. The first-order valence-electron chi connectivity index (χ1n) is 11.4. The number of piperidine rings is 1. The van der Waals surface area contributed by atoms with Crippen LogP contribution in [0.15, 0.2) is 47.4 Å². The van der Waals surface area contributed by atoms with Crippen LogP contribution < -0.4 is 10.6 Å². The van der Waals surface area contributed by atoms with Crippen molar-refractivity contribution in [2.24, 2.45) is 5.92 Å². The van der Waals surface area contributed by atoms with Crippen LogP contribution in [0.3, 0.4) is 0 Å². The second-order valence-corrected chi connectivity index (χ2v) is 11.0. The molecule has 2 aromatic carbocycles. The van der Waals surface area contributed by atoms with Crippen molar-refractivity contribution in [2.45, 2.75) is 37.1 Å². The monoisotopic (exact) mass is 468 g/mol. The van der Waals surface area contributed by atoms with Crippen LogP contribution in [-0.4, -0.2) is 55.6 Å². The van der Waals surface area contributed by atoms with Crippen molar-refractivity contribution in [3.63, 3.8) is 0 Å². The molecule has 3 heterocycles. The zero-order chi connectivity index (χ0) is 23.0. The first-order valence-corrected chi connectivity index (χ1v) is 12.9. The third-order valence-corrected chi connectivity index (χ3v) is 8.69. The zero-order valence-electron chi connectivity index (χ0n) is 18.4. The Balaban J connectivity index is 1.22. The number of carbonyl (C=O) groups excluding carboxylic acids is 2. The Bertz CT molecular complexity index is 1190. The van der Waals surface area contributed by atoms with Gasteiger partial charge in [-0.2, -0.15) is 4.31 Å². The maximum Gasteiger partial charge on any atom is 0.243 e. The van der Waals surface area contributed by atoms with Gasteiger partial charge in [0.05, 0.1) is 16.3 Å². The molecule has 0 unspecified atom stereocenters. The fourth-order valence-electron chi connectivity index (χ4n) is 4.99. The molecule has 2 aromatic rings. The number of anilines is 2. The van der Waals surface area contributed by atoms with E-state index in [9.17, 15) is 18.0 Å². The summed E-state index contributed by atoms with van der Waals surface area (Å²) < 4.78 is 28.0. The minimum Gasteiger partial charge on any atom is -0.324 e. The molecule has 5 rings (SSSR count). The average molecular weight is 469 g/mol. The number of sulfonamides is 1. The van der Waals surface area contributed by atoms with E-state index in [-0.39, 0.29) is 11.3 Å². The average Bonchev–Trinajstić information content (AvgIpc) is 2.95. The summed E-state index contributed by atoms with van der Waals surface area (Å²) in [5.41, 5.74) is 3.56. The highest BCUT2D eigenvalue weighted by atomic mass is 32.2. The molecule has 9 heteroatoms. The normalized spacial score (nSPS) is 20.4. The van der Waals surface area contributed by atoms with Crippen LogP contribution >= 0.6 is 0 Å². The largest absolute Gasteiger partial charge is 0.324 e. The standard InChI is InChI=1S/C24H28N4O4S/c29-23-14-24(30)26-22-13-20(5-6-21(22)25-23)33(31,32)28-11-7-17(8-12-28)15-27-10-9-18-3-1-2-4-19(18)16-27/h1-6,13,17H,7-12,14-16H2,(H,25,29)(H,26,30). The highest BCUT2D eigenvalue weighted by Gasteiger charge is 2.31. The number of hydrogen-bond acceptors (Lipinski definition) is 5. The molecular weight excluding hydrogens is 440 g/mol. The molecule has 0 atom stereocenters. The van der Waals surface area contributed by atoms with Gasteiger partial charge in [0.1, 0.15) is 6.42 Å². The van der Waals surface area contributed by atoms with Crippen LogP contribution in [0.4, 0.5) is 11.4 Å². The zero-order valence-corrected chi connectivity index (χ0v) is 19.2. The van der Waals surface area contributed by atoms with Crippen LogP contribution in [0.25, 0.3) is 0 Å². The summed E-state index contributed by atoms with van der Waals surface area (Å²) in [5, 5.41) is 5.24. The van der Waals surface area contributed by atoms with Crippen molar-refractivity contribution >= 4 is 33.2 Å². The molecule has 2 N–H and O–H groups in total. The highest BCUT2D eigenvalue weighted by molar-refractivity contribution is 7.89. The molecule has 174 valence electrons. The van der Waals surface area contributed by atoms with Gasteiger partial charge in [0.15, 0.2) is 0 Å². The van der Waals surface area contributed by atoms with Crippen molar-refractivity contribution in [1.82, 2.24) is 9.21 Å². The summed E-state index contributed by atoms with van der Waals surface area (Å²) in [7, 11) is -3.68. The molecule has 0 aliphatic carbocycles. The van der Waals surface area contributed by atoms with Crippen LogP contribution in [-0.2, 0) is 32.6 Å². The number of fused-ring (bicyclic) bond motifs is 2. The van der Waals surface area contributed by atoms with Crippen LogP contribution in [0.2, 0.25) is 0 Å². The summed E-state index contributed by atoms with van der Waals surface area (Å²) in [6.07, 6.45) is 2.44. The number of benzene rings is 2. The van der Waals surface area contributed by atoms with Gasteiger partial charge in [0, 0.05) is 32.7 Å². The van der Waals surface area contributed by atoms with E-state index < -0.39 is 21.8 Å². The second-order valence-electron chi connectivity index (χ2n) is 9.08. The lowest BCUT2D eigenvalue weighted by atomic mass is 9.94. The fourth-order valence-corrected chi connectivity index (χ4v) is 6.48. The third kappa shape index (κ3) is 4.66. The molecule has 1 fully saturated rings. The van der Waals surface area contributed by atoms with E-state index in [2.05, 4.69) is 39.8 Å². The van der Waals surface area contributed by atoms with Crippen LogP contribution in [0.1, 0.15) is 30.4 Å². The topological polar surface area (TPSA) is 98.8 Å². The van der Waals surface area contributed by atoms with Gasteiger partial charge in [0.25, 0.3) is 0 Å². The summed E-state index contributed by atoms with van der Waals surface area (Å²) in [6, 6.07) is 13.1. The molecule has 0 bridgehead atoms. The number of carbonyl (C=O) groups is 2. The van der Waals surface area contributed by atoms with Crippen molar-refractivity contribution in [3.8, 4) is 0 Å². The molecule has 1 saturated heterocycles. The molecule has 0 spiro atoms. The molecular formula is C24H28N4O4S. The van der Waals surface area contributed by atoms with Gasteiger partial charge in [-0.05, 0) is 54.5 Å². The Hall–Kier alpha value is -2.75. The molecule has 33 heavy (non-hydrogen) atoms. The molecule has 0 radical (unpaired) electrons. The van der Waals surface area contributed by atoms with E-state index in [1.165, 1.54) is 33.6 Å². The van der Waals surface area contributed by atoms with Crippen molar-refractivity contribution in [1.29, 1.82) is 0 Å². The smallest absolute Gasteiger partial charge is 0.243 e. The quantitative estimate of drug-likeness (QED) is 0.672. The second kappa shape index (κ2) is 8.89. The molecule has 2 amide bonds. The van der Waals surface area contributed by atoms with E-state index >= 15 is 0 Å². The van der Waals surface area contributed by atoms with E-state index in [1.54, 1.807) is 0 Å². The van der Waals surface area contributed by atoms with E-state index in [0.717, 1.165) is 38.9 Å². The maximum absolute atomic E-state index is 13.3. The third-order valence-electron chi connectivity index (χ3n) is 6.80. The predicted molar refractivity (Wildman–Crippen MR) is 125 cm³/mol. The molecule has 0 aromatic heterocycles. The van der Waals surface area contributed by atoms with Crippen molar-refractivity contribution < 1.29 is 18.0 Å². The lowest BCUT2D eigenvalue weighted by Crippen LogP contribution is -2.42. The molecule has 3 aliphatic rings. The minimum atomic E-state index is -3.68. The molecule has 0 saturated carbocycles. The van der Waals surface area contributed by atoms with Gasteiger partial charge in [-0.1, -0.05) is 24.3 Å². The van der Waals surface area contributed by atoms with Gasteiger partial charge in [0.2, 0.25) is 21.8 Å². The maximum atomic E-state index is 13.3. The van der Waals surface area contributed by atoms with Crippen molar-refractivity contribution in [2.75, 3.05) is 36.8 Å². The van der Waals surface area contributed by atoms with E-state index in [1.807, 2.05) is 0 Å². The number of amides is 2. The molecule has 3 aliphatic heterocycles. The van der Waals surface area contributed by atoms with Crippen LogP contribution in [0, 0.1) is 5.92 Å². The van der Waals surface area contributed by atoms with Gasteiger partial charge >= 0.3 is 0 Å². The SMILES string of the molecule is O=C1CC(=O)Nc2cc(S(=O)(=O)N3CCC(CN4CCc5ccccc5C4)CC3)ccc2N1. The van der Waals surface area contributed by atoms with Gasteiger partial charge in [-0.25, -0.2) is 8.42 Å². The van der Waals surface area contributed by atoms with Gasteiger partial charge < -0.3 is 10.6 Å². The Morgan fingerprint density at radius 2 is 1.58 bits per heavy atom. The summed E-state index contributed by atoms with van der Waals surface area (Å²) in [6.45, 7) is 3.97. The van der Waals surface area contributed by atoms with E-state index in [4.69, 9.17) is 0 Å². The Labute approximate surface area is 194 Å². The first-order chi connectivity index (χ1) is 15.9. The Kier molecular flexibility index (Phi) is 5.94. The number of rotatable bonds is 4. The summed E-state index contributed by atoms with van der Waals surface area (Å²) in [5.74, 6) is -0.397. The Morgan fingerprint density at radius 3 is 2.33 bits per heavy atom. The van der Waals surface area contributed by atoms with Crippen LogP contribution in [0.5, 0.6) is 0 Å². The highest BCUT2D eigenvalue weighted by Crippen LogP contribution is 2.31. The summed E-state index contributed by atoms with van der Waals surface area (Å²) in [4.78, 5) is 26.2. The predicted octanol–water partition coefficient (Wildman–Crippen LogP) is 2.43. The van der Waals surface area contributed by atoms with Gasteiger partial charge in [-0.3, -0.25) is 14.5 Å². The lowest BCUT2D eigenvalue weighted by molar-refractivity contribution is -0.123. The summed E-state index contributed by atoms with van der Waals surface area (Å²) >= 11 is 0. The number of hydrogen-bond donors (Lipinski definition) is 2. The Morgan fingerprint density at radius 1 is 0.879 bits per heavy atom. The lowest BCUT2D eigenvalue weighted by Gasteiger charge is -2.36. The first kappa shape index (κ1) is 22.1. The fraction of sp³-hybridized carbons (Fsp3) is 0.417. The minimum absolute atomic E-state index is 0.129. The number of nitrogens with zero attached hydrogens (tertiary/aromatic N) is 2. The van der Waals surface area contributed by atoms with E-state index in [0.29, 0.717) is 30.4 Å². The number of nitrogens with one attached hydrogen (secondary N) is 2. The van der Waals surface area contributed by atoms with Gasteiger partial charge in [-0.15, -0.1) is 0 Å². The van der Waals surface area contributed by atoms with Crippen molar-refractivity contribution in [3.05, 3.63) is 53.6 Å².